The number of aliphatic hydroxyl groups excluding tert-OH is 1. The molecule has 194 valence electrons. The molecule has 8 nitrogen and oxygen atoms in total. The fourth-order valence-corrected chi connectivity index (χ4v) is 4.96. The van der Waals surface area contributed by atoms with Crippen molar-refractivity contribution in [3.63, 3.8) is 0 Å². The van der Waals surface area contributed by atoms with Crippen LogP contribution in [0.3, 0.4) is 0 Å². The van der Waals surface area contributed by atoms with Crippen molar-refractivity contribution in [2.45, 2.75) is 56.7 Å². The van der Waals surface area contributed by atoms with E-state index >= 15 is 0 Å². The quantitative estimate of drug-likeness (QED) is 0.372. The lowest BCUT2D eigenvalue weighted by atomic mass is 9.82. The van der Waals surface area contributed by atoms with Gasteiger partial charge in [-0.15, -0.1) is 0 Å². The maximum absolute atomic E-state index is 12.5. The molecule has 1 atom stereocenters. The minimum absolute atomic E-state index is 0.276. The predicted molar refractivity (Wildman–Crippen MR) is 139 cm³/mol. The van der Waals surface area contributed by atoms with Gasteiger partial charge in [-0.2, -0.15) is 5.26 Å². The molecule has 36 heavy (non-hydrogen) atoms. The third-order valence-electron chi connectivity index (χ3n) is 7.07. The maximum atomic E-state index is 12.5. The fourth-order valence-electron chi connectivity index (χ4n) is 4.76. The van der Waals surface area contributed by atoms with Gasteiger partial charge in [-0.1, -0.05) is 17.7 Å². The highest BCUT2D eigenvalue weighted by Crippen LogP contribution is 2.32. The molecule has 2 aromatic rings. The Morgan fingerprint density at radius 3 is 2.67 bits per heavy atom. The van der Waals surface area contributed by atoms with Crippen molar-refractivity contribution in [3.8, 4) is 17.3 Å². The molecule has 0 unspecified atom stereocenters. The molecule has 4 rings (SSSR count). The van der Waals surface area contributed by atoms with Gasteiger partial charge in [0, 0.05) is 50.1 Å². The molecule has 0 amide bonds. The number of halogens is 2. The minimum atomic E-state index is -0.936. The highest BCUT2D eigenvalue weighted by atomic mass is 35.5. The van der Waals surface area contributed by atoms with Crippen LogP contribution in [0.1, 0.15) is 38.5 Å². The van der Waals surface area contributed by atoms with Crippen molar-refractivity contribution in [2.24, 2.45) is 5.41 Å². The number of anilines is 2. The van der Waals surface area contributed by atoms with Crippen LogP contribution < -0.4 is 16.0 Å². The van der Waals surface area contributed by atoms with Crippen molar-refractivity contribution >= 4 is 23.2 Å². The second-order valence-corrected chi connectivity index (χ2v) is 10.1. The van der Waals surface area contributed by atoms with E-state index in [1.807, 2.05) is 24.3 Å². The largest absolute Gasteiger partial charge is 0.389 e. The highest BCUT2D eigenvalue weighted by Gasteiger charge is 2.32. The molecule has 10 heteroatoms. The zero-order chi connectivity index (χ0) is 25.4. The first kappa shape index (κ1) is 26.6. The highest BCUT2D eigenvalue weighted by molar-refractivity contribution is 6.33. The van der Waals surface area contributed by atoms with Gasteiger partial charge < -0.3 is 25.8 Å². The van der Waals surface area contributed by atoms with Crippen LogP contribution in [-0.2, 0) is 4.74 Å². The van der Waals surface area contributed by atoms with Crippen LogP contribution in [0.2, 0.25) is 5.02 Å². The number of aliphatic hydroxyl groups is 1. The zero-order valence-corrected chi connectivity index (χ0v) is 21.1. The summed E-state index contributed by atoms with van der Waals surface area (Å²) in [5.41, 5.74) is 1.07. The lowest BCUT2D eigenvalue weighted by Crippen LogP contribution is -2.40. The van der Waals surface area contributed by atoms with Gasteiger partial charge in [0.25, 0.3) is 0 Å². The number of ether oxygens (including phenoxy) is 1. The van der Waals surface area contributed by atoms with Crippen LogP contribution in [-0.4, -0.2) is 66.2 Å². The molecule has 0 radical (unpaired) electrons. The van der Waals surface area contributed by atoms with E-state index in [4.69, 9.17) is 21.3 Å². The number of nitriles is 1. The maximum Gasteiger partial charge on any atom is 0.126 e. The summed E-state index contributed by atoms with van der Waals surface area (Å²) in [5.74, 6) is 1.43. The Morgan fingerprint density at radius 2 is 1.94 bits per heavy atom. The first-order chi connectivity index (χ1) is 17.5. The molecule has 1 saturated heterocycles. The summed E-state index contributed by atoms with van der Waals surface area (Å²) in [6.07, 6.45) is 5.91. The average Bonchev–Trinajstić information content (AvgIpc) is 2.93. The molecule has 2 fully saturated rings. The first-order valence-electron chi connectivity index (χ1n) is 12.6. The summed E-state index contributed by atoms with van der Waals surface area (Å²) in [6, 6.07) is 10.7. The van der Waals surface area contributed by atoms with E-state index in [0.29, 0.717) is 49.5 Å². The van der Waals surface area contributed by atoms with Crippen molar-refractivity contribution in [3.05, 3.63) is 35.5 Å². The topological polar surface area (TPSA) is 115 Å². The van der Waals surface area contributed by atoms with E-state index in [9.17, 15) is 14.8 Å². The van der Waals surface area contributed by atoms with E-state index in [2.05, 4.69) is 27.0 Å². The monoisotopic (exact) mass is 516 g/mol. The van der Waals surface area contributed by atoms with Gasteiger partial charge in [0.15, 0.2) is 0 Å². The number of nitrogens with one attached hydrogen (secondary N) is 3. The van der Waals surface area contributed by atoms with Crippen LogP contribution in [0.5, 0.6) is 0 Å². The van der Waals surface area contributed by atoms with Gasteiger partial charge in [0.05, 0.1) is 28.3 Å². The Hall–Kier alpha value is -2.51. The Labute approximate surface area is 216 Å². The number of aromatic nitrogens is 2. The first-order valence-corrected chi connectivity index (χ1v) is 13.0. The van der Waals surface area contributed by atoms with Gasteiger partial charge in [-0.05, 0) is 56.7 Å². The summed E-state index contributed by atoms with van der Waals surface area (Å²) in [7, 11) is 0. The van der Waals surface area contributed by atoms with Crippen molar-refractivity contribution in [1.29, 1.82) is 5.26 Å². The number of hydrogen-bond acceptors (Lipinski definition) is 8. The van der Waals surface area contributed by atoms with Crippen molar-refractivity contribution in [2.75, 3.05) is 43.6 Å². The average molecular weight is 517 g/mol. The molecule has 1 aliphatic heterocycles. The molecule has 3 heterocycles. The molecular formula is C26H34ClFN6O2. The predicted octanol–water partition coefficient (Wildman–Crippen LogP) is 4.17. The van der Waals surface area contributed by atoms with Gasteiger partial charge in [0.1, 0.15) is 18.3 Å². The lowest BCUT2D eigenvalue weighted by molar-refractivity contribution is 0.0455. The van der Waals surface area contributed by atoms with Gasteiger partial charge in [0.2, 0.25) is 0 Å². The van der Waals surface area contributed by atoms with Crippen LogP contribution in [0.15, 0.2) is 30.5 Å². The smallest absolute Gasteiger partial charge is 0.126 e. The molecule has 4 N–H and O–H groups in total. The number of hydrogen-bond donors (Lipinski definition) is 4. The number of pyridine rings is 2. The second kappa shape index (κ2) is 12.6. The third kappa shape index (κ3) is 7.04. The Bertz CT molecular complexity index is 1040. The normalized spacial score (nSPS) is 22.4. The number of alkyl halides is 1. The molecule has 2 aliphatic rings. The summed E-state index contributed by atoms with van der Waals surface area (Å²) < 4.78 is 17.9. The van der Waals surface area contributed by atoms with E-state index in [0.717, 1.165) is 42.8 Å². The van der Waals surface area contributed by atoms with E-state index in [1.165, 1.54) is 0 Å². The van der Waals surface area contributed by atoms with Crippen molar-refractivity contribution in [1.82, 2.24) is 15.3 Å². The summed E-state index contributed by atoms with van der Waals surface area (Å²) in [6.45, 7) is 1.29. The van der Waals surface area contributed by atoms with Gasteiger partial charge in [-0.3, -0.25) is 0 Å². The van der Waals surface area contributed by atoms with Crippen LogP contribution in [0.25, 0.3) is 11.3 Å². The lowest BCUT2D eigenvalue weighted by Gasteiger charge is -2.31. The Balaban J connectivity index is 1.36. The zero-order valence-electron chi connectivity index (χ0n) is 20.4. The molecule has 0 spiro atoms. The van der Waals surface area contributed by atoms with Crippen molar-refractivity contribution < 1.29 is 14.2 Å². The van der Waals surface area contributed by atoms with Gasteiger partial charge >= 0.3 is 0 Å². The SMILES string of the molecule is N#CC1(CNc2cccc(-c3cc(NC4CCC(NC[C@H](O)CF)CC4)ncc3Cl)n2)CCOCC1. The molecular weight excluding hydrogens is 483 g/mol. The summed E-state index contributed by atoms with van der Waals surface area (Å²) in [4.78, 5) is 9.21. The number of rotatable bonds is 10. The molecule has 1 saturated carbocycles. The van der Waals surface area contributed by atoms with Crippen LogP contribution >= 0.6 is 11.6 Å². The van der Waals surface area contributed by atoms with Gasteiger partial charge in [-0.25, -0.2) is 14.4 Å². The minimum Gasteiger partial charge on any atom is -0.389 e. The molecule has 0 bridgehead atoms. The van der Waals surface area contributed by atoms with Crippen LogP contribution in [0, 0.1) is 16.7 Å². The second-order valence-electron chi connectivity index (χ2n) is 9.72. The third-order valence-corrected chi connectivity index (χ3v) is 7.38. The molecule has 0 aromatic carbocycles. The number of nitrogens with zero attached hydrogens (tertiary/aromatic N) is 3. The summed E-state index contributed by atoms with van der Waals surface area (Å²) in [5, 5.41) is 29.7. The standard InChI is InChI=1S/C26H34ClFN6O2/c27-22-15-31-25(33-19-6-4-18(5-7-19)30-14-20(35)13-28)12-21(22)23-2-1-3-24(34-23)32-17-26(16-29)8-10-36-11-9-26/h1-3,12,15,18-20,30,35H,4-11,13-14,17H2,(H,31,33)(H,32,34)/t18?,19?,20-/m1/s1. The van der Waals surface area contributed by atoms with E-state index in [-0.39, 0.29) is 12.6 Å². The van der Waals surface area contributed by atoms with E-state index < -0.39 is 18.2 Å². The molecule has 1 aliphatic carbocycles. The fraction of sp³-hybridized carbons (Fsp3) is 0.577. The Morgan fingerprint density at radius 1 is 1.19 bits per heavy atom. The summed E-state index contributed by atoms with van der Waals surface area (Å²) >= 11 is 6.50. The van der Waals surface area contributed by atoms with Crippen LogP contribution in [0.4, 0.5) is 16.0 Å². The molecule has 2 aromatic heterocycles. The Kier molecular flexibility index (Phi) is 9.32. The van der Waals surface area contributed by atoms with E-state index in [1.54, 1.807) is 6.20 Å².